The fourth-order valence-corrected chi connectivity index (χ4v) is 7.24. The van der Waals surface area contributed by atoms with E-state index in [0.717, 1.165) is 23.2 Å². The molecule has 2 aliphatic rings. The lowest BCUT2D eigenvalue weighted by Crippen LogP contribution is -2.38. The minimum atomic E-state index is -3.71. The third-order valence-electron chi connectivity index (χ3n) is 7.31. The fraction of sp³-hybridized carbons (Fsp3) is 0.321. The monoisotopic (exact) mass is 489 g/mol. The van der Waals surface area contributed by atoms with Crippen molar-refractivity contribution in [2.24, 2.45) is 5.92 Å². The van der Waals surface area contributed by atoms with Gasteiger partial charge in [0.1, 0.15) is 0 Å². The van der Waals surface area contributed by atoms with Crippen molar-refractivity contribution in [1.82, 2.24) is 9.21 Å². The molecular weight excluding hydrogens is 458 g/mol. The molecule has 0 aliphatic carbocycles. The molecule has 35 heavy (non-hydrogen) atoms. The van der Waals surface area contributed by atoms with Crippen LogP contribution in [0.3, 0.4) is 0 Å². The van der Waals surface area contributed by atoms with Crippen molar-refractivity contribution in [1.29, 1.82) is 0 Å². The highest BCUT2D eigenvalue weighted by Gasteiger charge is 2.49. The highest BCUT2D eigenvalue weighted by Crippen LogP contribution is 2.52. The minimum Gasteiger partial charge on any atom is -0.378 e. The molecule has 1 amide bonds. The number of carbonyl (C=O) groups is 1. The average molecular weight is 490 g/mol. The predicted molar refractivity (Wildman–Crippen MR) is 138 cm³/mol. The summed E-state index contributed by atoms with van der Waals surface area (Å²) in [5.41, 5.74) is 3.48. The molecule has 2 heterocycles. The summed E-state index contributed by atoms with van der Waals surface area (Å²) in [6.45, 7) is 5.62. The largest absolute Gasteiger partial charge is 0.378 e. The molecule has 0 aromatic heterocycles. The van der Waals surface area contributed by atoms with E-state index in [9.17, 15) is 13.2 Å². The van der Waals surface area contributed by atoms with Crippen LogP contribution in [0.2, 0.25) is 0 Å². The fourth-order valence-electron chi connectivity index (χ4n) is 5.55. The van der Waals surface area contributed by atoms with Crippen LogP contribution < -0.4 is 5.32 Å². The summed E-state index contributed by atoms with van der Waals surface area (Å²) >= 11 is 0. The Balaban J connectivity index is 1.62. The maximum absolute atomic E-state index is 13.8. The van der Waals surface area contributed by atoms with Gasteiger partial charge in [-0.05, 0) is 61.7 Å². The Morgan fingerprint density at radius 1 is 0.971 bits per heavy atom. The molecule has 2 aliphatic heterocycles. The Kier molecular flexibility index (Phi) is 6.38. The highest BCUT2D eigenvalue weighted by molar-refractivity contribution is 7.89. The number of sulfonamides is 1. The molecule has 182 valence electrons. The Bertz CT molecular complexity index is 1310. The van der Waals surface area contributed by atoms with Crippen LogP contribution in [-0.4, -0.2) is 43.2 Å². The van der Waals surface area contributed by atoms with Crippen molar-refractivity contribution < 1.29 is 13.2 Å². The molecule has 1 saturated heterocycles. The summed E-state index contributed by atoms with van der Waals surface area (Å²) in [7, 11) is -3.71. The van der Waals surface area contributed by atoms with E-state index < -0.39 is 10.0 Å². The smallest absolute Gasteiger partial charge is 0.253 e. The van der Waals surface area contributed by atoms with Gasteiger partial charge in [0.05, 0.1) is 17.0 Å². The van der Waals surface area contributed by atoms with Crippen molar-refractivity contribution in [3.05, 3.63) is 95.6 Å². The topological polar surface area (TPSA) is 69.7 Å². The summed E-state index contributed by atoms with van der Waals surface area (Å²) in [5.74, 6) is 0.0113. The number of nitrogens with zero attached hydrogens (tertiary/aromatic N) is 2. The third kappa shape index (κ3) is 4.13. The molecule has 0 radical (unpaired) electrons. The number of rotatable bonds is 6. The van der Waals surface area contributed by atoms with Gasteiger partial charge < -0.3 is 10.2 Å². The van der Waals surface area contributed by atoms with Gasteiger partial charge in [-0.25, -0.2) is 8.42 Å². The molecule has 3 aromatic carbocycles. The van der Waals surface area contributed by atoms with Crippen molar-refractivity contribution in [2.45, 2.75) is 37.2 Å². The van der Waals surface area contributed by atoms with Crippen molar-refractivity contribution in [3.63, 3.8) is 0 Å². The van der Waals surface area contributed by atoms with Crippen LogP contribution in [0.25, 0.3) is 0 Å². The van der Waals surface area contributed by atoms with Gasteiger partial charge in [0, 0.05) is 36.8 Å². The second-order valence-electron chi connectivity index (χ2n) is 9.14. The number of fused-ring (bicyclic) bond motifs is 3. The lowest BCUT2D eigenvalue weighted by atomic mass is 9.80. The van der Waals surface area contributed by atoms with Crippen LogP contribution in [-0.2, 0) is 10.0 Å². The van der Waals surface area contributed by atoms with E-state index in [-0.39, 0.29) is 23.9 Å². The Morgan fingerprint density at radius 3 is 2.29 bits per heavy atom. The van der Waals surface area contributed by atoms with Gasteiger partial charge in [0.15, 0.2) is 0 Å². The first-order chi connectivity index (χ1) is 17.0. The number of hydrogen-bond acceptors (Lipinski definition) is 4. The van der Waals surface area contributed by atoms with E-state index in [4.69, 9.17) is 0 Å². The molecule has 3 unspecified atom stereocenters. The molecule has 3 atom stereocenters. The van der Waals surface area contributed by atoms with Gasteiger partial charge in [0.25, 0.3) is 5.91 Å². The van der Waals surface area contributed by atoms with E-state index in [1.165, 1.54) is 0 Å². The summed E-state index contributed by atoms with van der Waals surface area (Å²) in [6.07, 6.45) is 0.733. The van der Waals surface area contributed by atoms with Gasteiger partial charge in [-0.3, -0.25) is 4.79 Å². The summed E-state index contributed by atoms with van der Waals surface area (Å²) in [5, 5.41) is 3.67. The summed E-state index contributed by atoms with van der Waals surface area (Å²) in [4.78, 5) is 15.2. The van der Waals surface area contributed by atoms with Crippen LogP contribution in [0.5, 0.6) is 0 Å². The molecule has 0 spiro atoms. The molecular formula is C28H31N3O3S. The maximum atomic E-state index is 13.8. The van der Waals surface area contributed by atoms with Gasteiger partial charge >= 0.3 is 0 Å². The van der Waals surface area contributed by atoms with E-state index in [1.54, 1.807) is 33.5 Å². The Morgan fingerprint density at radius 2 is 1.63 bits per heavy atom. The Hall–Kier alpha value is -3.16. The van der Waals surface area contributed by atoms with Gasteiger partial charge in [-0.15, -0.1) is 0 Å². The summed E-state index contributed by atoms with van der Waals surface area (Å²) in [6, 6.07) is 24.1. The molecule has 7 heteroatoms. The quantitative estimate of drug-likeness (QED) is 0.524. The molecule has 0 saturated carbocycles. The second-order valence-corrected chi connectivity index (χ2v) is 11.0. The van der Waals surface area contributed by atoms with Crippen molar-refractivity contribution in [2.75, 3.05) is 25.0 Å². The maximum Gasteiger partial charge on any atom is 0.253 e. The van der Waals surface area contributed by atoms with Crippen LogP contribution in [0.1, 0.15) is 53.8 Å². The lowest BCUT2D eigenvalue weighted by Gasteiger charge is -2.40. The zero-order valence-corrected chi connectivity index (χ0v) is 20.9. The van der Waals surface area contributed by atoms with E-state index >= 15 is 0 Å². The zero-order valence-electron chi connectivity index (χ0n) is 20.1. The van der Waals surface area contributed by atoms with Crippen LogP contribution in [0, 0.1) is 5.92 Å². The van der Waals surface area contributed by atoms with Crippen LogP contribution >= 0.6 is 0 Å². The first-order valence-electron chi connectivity index (χ1n) is 12.3. The number of amides is 1. The predicted octanol–water partition coefficient (Wildman–Crippen LogP) is 5.09. The lowest BCUT2D eigenvalue weighted by molar-refractivity contribution is 0.0772. The van der Waals surface area contributed by atoms with Gasteiger partial charge in [-0.1, -0.05) is 48.5 Å². The molecule has 3 aromatic rings. The number of anilines is 1. The molecule has 6 nitrogen and oxygen atoms in total. The number of hydrogen-bond donors (Lipinski definition) is 1. The van der Waals surface area contributed by atoms with Gasteiger partial charge in [-0.2, -0.15) is 4.31 Å². The third-order valence-corrected chi connectivity index (χ3v) is 9.21. The number of benzene rings is 3. The number of carbonyl (C=O) groups excluding carboxylic acids is 1. The van der Waals surface area contributed by atoms with Crippen molar-refractivity contribution in [3.8, 4) is 0 Å². The minimum absolute atomic E-state index is 0.0194. The first kappa shape index (κ1) is 23.6. The standard InChI is InChI=1S/C28H31N3O3S/c1-3-30(4-2)28(32)21-15-16-25-24(19-21)27-23(26(29-25)20-11-7-5-8-12-20)17-18-31(27)35(33,34)22-13-9-6-10-14-22/h5-16,19,23,26-27,29H,3-4,17-18H2,1-2H3. The summed E-state index contributed by atoms with van der Waals surface area (Å²) < 4.78 is 29.2. The van der Waals surface area contributed by atoms with Crippen molar-refractivity contribution >= 4 is 21.6 Å². The second kappa shape index (κ2) is 9.47. The highest BCUT2D eigenvalue weighted by atomic mass is 32.2. The average Bonchev–Trinajstić information content (AvgIpc) is 3.36. The molecule has 5 rings (SSSR count). The Labute approximate surface area is 207 Å². The molecule has 0 bridgehead atoms. The zero-order chi connectivity index (χ0) is 24.6. The first-order valence-corrected chi connectivity index (χ1v) is 13.7. The van der Waals surface area contributed by atoms with Crippen LogP contribution in [0.4, 0.5) is 5.69 Å². The SMILES string of the molecule is CCN(CC)C(=O)c1ccc2c(c1)C1C(CCN1S(=O)(=O)c1ccccc1)C(c1ccccc1)N2. The molecule has 1 fully saturated rings. The normalized spacial score (nSPS) is 21.6. The van der Waals surface area contributed by atoms with E-state index in [1.807, 2.05) is 56.3 Å². The van der Waals surface area contributed by atoms with E-state index in [2.05, 4.69) is 17.4 Å². The van der Waals surface area contributed by atoms with E-state index in [0.29, 0.717) is 30.1 Å². The van der Waals surface area contributed by atoms with Crippen LogP contribution in [0.15, 0.2) is 83.8 Å². The van der Waals surface area contributed by atoms with Gasteiger partial charge in [0.2, 0.25) is 10.0 Å². The molecule has 1 N–H and O–H groups in total. The number of nitrogens with one attached hydrogen (secondary N) is 1.